The van der Waals surface area contributed by atoms with Crippen molar-refractivity contribution in [3.05, 3.63) is 64.9 Å². The molecule has 88 valence electrons. The van der Waals surface area contributed by atoms with Crippen molar-refractivity contribution in [2.24, 2.45) is 5.73 Å². The van der Waals surface area contributed by atoms with E-state index < -0.39 is 0 Å². The summed E-state index contributed by atoms with van der Waals surface area (Å²) in [7, 11) is 0. The fourth-order valence-corrected chi connectivity index (χ4v) is 1.84. The van der Waals surface area contributed by atoms with Crippen molar-refractivity contribution in [3.63, 3.8) is 0 Å². The van der Waals surface area contributed by atoms with Crippen LogP contribution in [0, 0.1) is 0 Å². The Morgan fingerprint density at radius 2 is 1.88 bits per heavy atom. The van der Waals surface area contributed by atoms with Crippen LogP contribution in [0.1, 0.15) is 23.7 Å². The molecule has 1 heterocycles. The summed E-state index contributed by atoms with van der Waals surface area (Å²) in [5.74, 6) is 0. The van der Waals surface area contributed by atoms with Gasteiger partial charge in [0.05, 0.1) is 5.69 Å². The standard InChI is InChI=1S/C14H15ClN2/c15-12-7-4-11(5-8-12)6-9-13(16)14-3-1-2-10-17-14/h1-5,7-8,10,13H,6,9,16H2. The van der Waals surface area contributed by atoms with Gasteiger partial charge in [0.15, 0.2) is 0 Å². The molecule has 1 aromatic carbocycles. The molecule has 0 amide bonds. The Morgan fingerprint density at radius 1 is 1.12 bits per heavy atom. The fraction of sp³-hybridized carbons (Fsp3) is 0.214. The Balaban J connectivity index is 1.92. The molecule has 0 aliphatic heterocycles. The Labute approximate surface area is 106 Å². The van der Waals surface area contributed by atoms with Crippen LogP contribution >= 0.6 is 11.6 Å². The Bertz CT molecular complexity index is 453. The molecule has 0 spiro atoms. The van der Waals surface area contributed by atoms with Crippen molar-refractivity contribution in [3.8, 4) is 0 Å². The summed E-state index contributed by atoms with van der Waals surface area (Å²) in [5.41, 5.74) is 8.28. The zero-order valence-corrected chi connectivity index (χ0v) is 10.3. The fourth-order valence-electron chi connectivity index (χ4n) is 1.72. The molecule has 3 heteroatoms. The third-order valence-electron chi connectivity index (χ3n) is 2.72. The molecule has 2 rings (SSSR count). The maximum Gasteiger partial charge on any atom is 0.0571 e. The van der Waals surface area contributed by atoms with Crippen molar-refractivity contribution in [1.82, 2.24) is 4.98 Å². The van der Waals surface area contributed by atoms with E-state index in [1.807, 2.05) is 42.5 Å². The first-order chi connectivity index (χ1) is 8.25. The second-order valence-electron chi connectivity index (χ2n) is 4.03. The number of aromatic nitrogens is 1. The molecule has 0 radical (unpaired) electrons. The van der Waals surface area contributed by atoms with Crippen LogP contribution in [0.2, 0.25) is 5.02 Å². The second-order valence-corrected chi connectivity index (χ2v) is 4.46. The van der Waals surface area contributed by atoms with Crippen LogP contribution in [-0.4, -0.2) is 4.98 Å². The topological polar surface area (TPSA) is 38.9 Å². The Hall–Kier alpha value is -1.38. The molecule has 0 fully saturated rings. The number of halogens is 1. The summed E-state index contributed by atoms with van der Waals surface area (Å²) < 4.78 is 0. The highest BCUT2D eigenvalue weighted by atomic mass is 35.5. The van der Waals surface area contributed by atoms with Crippen LogP contribution in [0.15, 0.2) is 48.7 Å². The minimum absolute atomic E-state index is 0.00752. The summed E-state index contributed by atoms with van der Waals surface area (Å²) in [6, 6.07) is 13.7. The predicted octanol–water partition coefficient (Wildman–Crippen LogP) is 3.37. The number of pyridine rings is 1. The van der Waals surface area contributed by atoms with Gasteiger partial charge in [-0.3, -0.25) is 4.98 Å². The lowest BCUT2D eigenvalue weighted by atomic mass is 10.0. The van der Waals surface area contributed by atoms with E-state index in [0.29, 0.717) is 0 Å². The minimum Gasteiger partial charge on any atom is -0.323 e. The lowest BCUT2D eigenvalue weighted by Crippen LogP contribution is -2.12. The van der Waals surface area contributed by atoms with E-state index in [9.17, 15) is 0 Å². The number of aryl methyl sites for hydroxylation is 1. The molecule has 0 saturated carbocycles. The maximum atomic E-state index is 6.08. The van der Waals surface area contributed by atoms with Crippen molar-refractivity contribution in [1.29, 1.82) is 0 Å². The molecular formula is C14H15ClN2. The van der Waals surface area contributed by atoms with E-state index >= 15 is 0 Å². The average molecular weight is 247 g/mol. The first-order valence-corrected chi connectivity index (χ1v) is 6.04. The number of nitrogens with zero attached hydrogens (tertiary/aromatic N) is 1. The van der Waals surface area contributed by atoms with Crippen molar-refractivity contribution in [2.75, 3.05) is 0 Å². The quantitative estimate of drug-likeness (QED) is 0.898. The molecule has 2 aromatic rings. The number of rotatable bonds is 4. The van der Waals surface area contributed by atoms with Crippen LogP contribution in [-0.2, 0) is 6.42 Å². The molecule has 0 saturated heterocycles. The van der Waals surface area contributed by atoms with Gasteiger partial charge in [-0.15, -0.1) is 0 Å². The molecule has 1 unspecified atom stereocenters. The molecule has 1 atom stereocenters. The van der Waals surface area contributed by atoms with Gasteiger partial charge < -0.3 is 5.73 Å². The smallest absolute Gasteiger partial charge is 0.0571 e. The van der Waals surface area contributed by atoms with E-state index in [1.165, 1.54) is 5.56 Å². The lowest BCUT2D eigenvalue weighted by molar-refractivity contribution is 0.633. The average Bonchev–Trinajstić information content (AvgIpc) is 2.39. The highest BCUT2D eigenvalue weighted by Crippen LogP contribution is 2.16. The summed E-state index contributed by atoms with van der Waals surface area (Å²) in [6.07, 6.45) is 3.60. The molecule has 2 N–H and O–H groups in total. The van der Waals surface area contributed by atoms with Crippen LogP contribution in [0.5, 0.6) is 0 Å². The first kappa shape index (κ1) is 12.1. The molecule has 0 bridgehead atoms. The largest absolute Gasteiger partial charge is 0.323 e. The minimum atomic E-state index is -0.00752. The van der Waals surface area contributed by atoms with Gasteiger partial charge in [-0.25, -0.2) is 0 Å². The van der Waals surface area contributed by atoms with Crippen molar-refractivity contribution >= 4 is 11.6 Å². The molecule has 1 aromatic heterocycles. The normalized spacial score (nSPS) is 12.4. The monoisotopic (exact) mass is 246 g/mol. The summed E-state index contributed by atoms with van der Waals surface area (Å²) in [5, 5.41) is 0.766. The van der Waals surface area contributed by atoms with Gasteiger partial charge in [0.2, 0.25) is 0 Å². The van der Waals surface area contributed by atoms with Gasteiger partial charge in [-0.05, 0) is 42.7 Å². The van der Waals surface area contributed by atoms with Gasteiger partial charge in [0.25, 0.3) is 0 Å². The molecule has 17 heavy (non-hydrogen) atoms. The summed E-state index contributed by atoms with van der Waals surface area (Å²) in [6.45, 7) is 0. The maximum absolute atomic E-state index is 6.08. The lowest BCUT2D eigenvalue weighted by Gasteiger charge is -2.10. The highest BCUT2D eigenvalue weighted by Gasteiger charge is 2.06. The summed E-state index contributed by atoms with van der Waals surface area (Å²) in [4.78, 5) is 4.26. The molecule has 0 aliphatic carbocycles. The number of hydrogen-bond acceptors (Lipinski definition) is 2. The second kappa shape index (κ2) is 5.80. The molecule has 2 nitrogen and oxygen atoms in total. The Morgan fingerprint density at radius 3 is 2.53 bits per heavy atom. The van der Waals surface area contributed by atoms with Gasteiger partial charge in [-0.1, -0.05) is 29.8 Å². The van der Waals surface area contributed by atoms with E-state index in [0.717, 1.165) is 23.6 Å². The van der Waals surface area contributed by atoms with Gasteiger partial charge >= 0.3 is 0 Å². The van der Waals surface area contributed by atoms with Crippen LogP contribution < -0.4 is 5.73 Å². The highest BCUT2D eigenvalue weighted by molar-refractivity contribution is 6.30. The van der Waals surface area contributed by atoms with Gasteiger partial charge in [0.1, 0.15) is 0 Å². The summed E-state index contributed by atoms with van der Waals surface area (Å²) >= 11 is 5.84. The van der Waals surface area contributed by atoms with Crippen LogP contribution in [0.25, 0.3) is 0 Å². The predicted molar refractivity (Wildman–Crippen MR) is 70.9 cm³/mol. The number of nitrogens with two attached hydrogens (primary N) is 1. The Kier molecular flexibility index (Phi) is 4.13. The van der Waals surface area contributed by atoms with E-state index in [-0.39, 0.29) is 6.04 Å². The zero-order chi connectivity index (χ0) is 12.1. The zero-order valence-electron chi connectivity index (χ0n) is 9.51. The van der Waals surface area contributed by atoms with Crippen LogP contribution in [0.4, 0.5) is 0 Å². The SMILES string of the molecule is NC(CCc1ccc(Cl)cc1)c1ccccn1. The molecular weight excluding hydrogens is 232 g/mol. The first-order valence-electron chi connectivity index (χ1n) is 5.66. The van der Waals surface area contributed by atoms with E-state index in [1.54, 1.807) is 6.20 Å². The van der Waals surface area contributed by atoms with Gasteiger partial charge in [-0.2, -0.15) is 0 Å². The van der Waals surface area contributed by atoms with Crippen molar-refractivity contribution < 1.29 is 0 Å². The van der Waals surface area contributed by atoms with E-state index in [2.05, 4.69) is 4.98 Å². The van der Waals surface area contributed by atoms with Crippen LogP contribution in [0.3, 0.4) is 0 Å². The van der Waals surface area contributed by atoms with E-state index in [4.69, 9.17) is 17.3 Å². The third kappa shape index (κ3) is 3.55. The number of benzene rings is 1. The van der Waals surface area contributed by atoms with Crippen molar-refractivity contribution in [2.45, 2.75) is 18.9 Å². The number of hydrogen-bond donors (Lipinski definition) is 1. The third-order valence-corrected chi connectivity index (χ3v) is 2.98. The molecule has 0 aliphatic rings. The van der Waals surface area contributed by atoms with Gasteiger partial charge in [0, 0.05) is 17.3 Å².